The number of aliphatic hydroxyl groups is 1. The Labute approximate surface area is 94.6 Å². The summed E-state index contributed by atoms with van der Waals surface area (Å²) in [7, 11) is 0. The van der Waals surface area contributed by atoms with Gasteiger partial charge in [0.15, 0.2) is 0 Å². The summed E-state index contributed by atoms with van der Waals surface area (Å²) in [5, 5.41) is 9.79. The highest BCUT2D eigenvalue weighted by Gasteiger charge is 2.00. The van der Waals surface area contributed by atoms with Crippen molar-refractivity contribution >= 4 is 0 Å². The molecule has 0 aliphatic carbocycles. The Morgan fingerprint density at radius 1 is 1.00 bits per heavy atom. The molecule has 0 unspecified atom stereocenters. The van der Waals surface area contributed by atoms with Crippen LogP contribution in [0.3, 0.4) is 0 Å². The Hall–Kier alpha value is -2.11. The highest BCUT2D eigenvalue weighted by molar-refractivity contribution is 5.35. The second-order valence-electron chi connectivity index (χ2n) is 3.32. The van der Waals surface area contributed by atoms with Gasteiger partial charge in [-0.2, -0.15) is 0 Å². The van der Waals surface area contributed by atoms with Crippen molar-refractivity contribution in [2.24, 2.45) is 0 Å². The summed E-state index contributed by atoms with van der Waals surface area (Å²) in [6, 6.07) is 13.0. The van der Waals surface area contributed by atoms with Crippen LogP contribution in [0, 0.1) is 11.8 Å². The third kappa shape index (κ3) is 2.69. The van der Waals surface area contributed by atoms with Crippen LogP contribution in [0.1, 0.15) is 17.2 Å². The summed E-state index contributed by atoms with van der Waals surface area (Å²) in [5.41, 5.74) is 1.66. The van der Waals surface area contributed by atoms with E-state index in [1.54, 1.807) is 12.4 Å². The molecule has 1 atom stereocenters. The number of aliphatic hydroxyl groups excluding tert-OH is 1. The molecular weight excluding hydrogens is 198 g/mol. The minimum Gasteiger partial charge on any atom is -0.376 e. The van der Waals surface area contributed by atoms with Crippen LogP contribution in [0.2, 0.25) is 0 Å². The molecule has 0 saturated heterocycles. The molecule has 0 bridgehead atoms. The topological polar surface area (TPSA) is 33.1 Å². The molecule has 2 rings (SSSR count). The molecule has 0 radical (unpaired) electrons. The van der Waals surface area contributed by atoms with Crippen molar-refractivity contribution in [3.63, 3.8) is 0 Å². The average molecular weight is 209 g/mol. The van der Waals surface area contributed by atoms with Crippen LogP contribution >= 0.6 is 0 Å². The molecule has 0 amide bonds. The zero-order valence-electron chi connectivity index (χ0n) is 8.67. The normalized spacial score (nSPS) is 11.3. The fourth-order valence-electron chi connectivity index (χ4n) is 1.31. The Balaban J connectivity index is 2.15. The highest BCUT2D eigenvalue weighted by Crippen LogP contribution is 2.10. The van der Waals surface area contributed by atoms with Gasteiger partial charge in [-0.15, -0.1) is 0 Å². The fourth-order valence-corrected chi connectivity index (χ4v) is 1.31. The van der Waals surface area contributed by atoms with E-state index in [9.17, 15) is 5.11 Å². The first-order valence-electron chi connectivity index (χ1n) is 5.01. The summed E-state index contributed by atoms with van der Waals surface area (Å²) in [4.78, 5) is 3.90. The third-order valence-corrected chi connectivity index (χ3v) is 2.15. The van der Waals surface area contributed by atoms with Crippen LogP contribution in [0.5, 0.6) is 0 Å². The summed E-state index contributed by atoms with van der Waals surface area (Å²) in [6.07, 6.45) is 2.62. The maximum absolute atomic E-state index is 9.79. The Morgan fingerprint density at radius 2 is 1.69 bits per heavy atom. The lowest BCUT2D eigenvalue weighted by Gasteiger charge is -2.01. The first kappa shape index (κ1) is 10.4. The monoisotopic (exact) mass is 209 g/mol. The number of aromatic nitrogens is 1. The van der Waals surface area contributed by atoms with Crippen molar-refractivity contribution in [1.29, 1.82) is 0 Å². The number of pyridine rings is 1. The summed E-state index contributed by atoms with van der Waals surface area (Å²) in [5.74, 6) is 5.70. The quantitative estimate of drug-likeness (QED) is 0.730. The number of rotatable bonds is 1. The molecule has 1 aromatic heterocycles. The Bertz CT molecular complexity index is 497. The zero-order chi connectivity index (χ0) is 11.2. The number of hydrogen-bond acceptors (Lipinski definition) is 2. The van der Waals surface area contributed by atoms with Crippen molar-refractivity contribution in [3.8, 4) is 11.8 Å². The van der Waals surface area contributed by atoms with Gasteiger partial charge in [0.1, 0.15) is 6.10 Å². The van der Waals surface area contributed by atoms with E-state index in [-0.39, 0.29) is 0 Å². The molecule has 2 nitrogen and oxygen atoms in total. The summed E-state index contributed by atoms with van der Waals surface area (Å²) in [6.45, 7) is 0. The summed E-state index contributed by atoms with van der Waals surface area (Å²) >= 11 is 0. The van der Waals surface area contributed by atoms with Gasteiger partial charge >= 0.3 is 0 Å². The van der Waals surface area contributed by atoms with Gasteiger partial charge in [-0.25, -0.2) is 0 Å². The largest absolute Gasteiger partial charge is 0.376 e. The maximum atomic E-state index is 9.79. The summed E-state index contributed by atoms with van der Waals surface area (Å²) < 4.78 is 0. The second-order valence-corrected chi connectivity index (χ2v) is 3.32. The molecule has 0 saturated carbocycles. The first-order chi connectivity index (χ1) is 7.86. The van der Waals surface area contributed by atoms with E-state index in [0.717, 1.165) is 11.1 Å². The van der Waals surface area contributed by atoms with E-state index < -0.39 is 6.10 Å². The number of benzene rings is 1. The van der Waals surface area contributed by atoms with Crippen molar-refractivity contribution in [2.75, 3.05) is 0 Å². The lowest BCUT2D eigenvalue weighted by molar-refractivity contribution is 0.238. The molecule has 1 N–H and O–H groups in total. The minimum absolute atomic E-state index is 0.741. The van der Waals surface area contributed by atoms with Gasteiger partial charge in [0.2, 0.25) is 0 Å². The molecular formula is C14H11NO. The average Bonchev–Trinajstić information content (AvgIpc) is 2.38. The van der Waals surface area contributed by atoms with Crippen molar-refractivity contribution in [1.82, 2.24) is 4.98 Å². The number of hydrogen-bond donors (Lipinski definition) is 1. The van der Waals surface area contributed by atoms with Crippen molar-refractivity contribution in [3.05, 3.63) is 66.0 Å². The lowest BCUT2D eigenvalue weighted by atomic mass is 10.1. The van der Waals surface area contributed by atoms with Crippen LogP contribution in [0.15, 0.2) is 54.9 Å². The molecule has 16 heavy (non-hydrogen) atoms. The van der Waals surface area contributed by atoms with Crippen molar-refractivity contribution < 1.29 is 5.11 Å². The van der Waals surface area contributed by atoms with Gasteiger partial charge in [0, 0.05) is 18.0 Å². The molecule has 1 aromatic carbocycles. The van der Waals surface area contributed by atoms with Gasteiger partial charge in [-0.05, 0) is 17.7 Å². The SMILES string of the molecule is O[C@@H](C#Cc1ccncc1)c1ccccc1. The van der Waals surface area contributed by atoms with E-state index in [1.165, 1.54) is 0 Å². The van der Waals surface area contributed by atoms with Gasteiger partial charge in [-0.3, -0.25) is 4.98 Å². The first-order valence-corrected chi connectivity index (χ1v) is 5.01. The van der Waals surface area contributed by atoms with Crippen LogP contribution in [-0.2, 0) is 0 Å². The smallest absolute Gasteiger partial charge is 0.140 e. The zero-order valence-corrected chi connectivity index (χ0v) is 8.67. The van der Waals surface area contributed by atoms with Crippen LogP contribution in [0.25, 0.3) is 0 Å². The predicted molar refractivity (Wildman–Crippen MR) is 62.5 cm³/mol. The number of nitrogens with zero attached hydrogens (tertiary/aromatic N) is 1. The molecule has 0 fully saturated rings. The Kier molecular flexibility index (Phi) is 3.32. The molecule has 0 aliphatic rings. The fraction of sp³-hybridized carbons (Fsp3) is 0.0714. The van der Waals surface area contributed by atoms with E-state index in [1.807, 2.05) is 42.5 Å². The van der Waals surface area contributed by atoms with E-state index in [0.29, 0.717) is 0 Å². The second kappa shape index (κ2) is 5.11. The van der Waals surface area contributed by atoms with E-state index in [2.05, 4.69) is 16.8 Å². The standard InChI is InChI=1S/C14H11NO/c16-14(13-4-2-1-3-5-13)7-6-12-8-10-15-11-9-12/h1-5,8-11,14,16H/t14-/m0/s1. The van der Waals surface area contributed by atoms with Crippen LogP contribution in [-0.4, -0.2) is 10.1 Å². The van der Waals surface area contributed by atoms with Gasteiger partial charge in [-0.1, -0.05) is 42.2 Å². The molecule has 2 aromatic rings. The molecule has 2 heteroatoms. The van der Waals surface area contributed by atoms with E-state index >= 15 is 0 Å². The molecule has 78 valence electrons. The van der Waals surface area contributed by atoms with Gasteiger partial charge in [0.05, 0.1) is 0 Å². The van der Waals surface area contributed by atoms with Crippen molar-refractivity contribution in [2.45, 2.75) is 6.10 Å². The molecule has 1 heterocycles. The molecule has 0 aliphatic heterocycles. The predicted octanol–water partition coefficient (Wildman–Crippen LogP) is 2.17. The lowest BCUT2D eigenvalue weighted by Crippen LogP contribution is -1.92. The highest BCUT2D eigenvalue weighted by atomic mass is 16.3. The van der Waals surface area contributed by atoms with Crippen LogP contribution in [0.4, 0.5) is 0 Å². The minimum atomic E-state index is -0.741. The van der Waals surface area contributed by atoms with E-state index in [4.69, 9.17) is 0 Å². The van der Waals surface area contributed by atoms with Gasteiger partial charge in [0.25, 0.3) is 0 Å². The maximum Gasteiger partial charge on any atom is 0.140 e. The third-order valence-electron chi connectivity index (χ3n) is 2.15. The van der Waals surface area contributed by atoms with Crippen LogP contribution < -0.4 is 0 Å². The van der Waals surface area contributed by atoms with Gasteiger partial charge < -0.3 is 5.11 Å². The molecule has 0 spiro atoms. The Morgan fingerprint density at radius 3 is 2.38 bits per heavy atom.